The summed E-state index contributed by atoms with van der Waals surface area (Å²) >= 11 is 0. The van der Waals surface area contributed by atoms with Crippen molar-refractivity contribution in [1.82, 2.24) is 10.2 Å². The van der Waals surface area contributed by atoms with E-state index in [1.165, 1.54) is 49.8 Å². The summed E-state index contributed by atoms with van der Waals surface area (Å²) in [6.45, 7) is 1.11. The van der Waals surface area contributed by atoms with Crippen molar-refractivity contribution in [2.45, 2.75) is 56.5 Å². The van der Waals surface area contributed by atoms with E-state index in [0.717, 1.165) is 13.0 Å². The Morgan fingerprint density at radius 3 is 2.84 bits per heavy atom. The minimum Gasteiger partial charge on any atom is -0.469 e. The fraction of sp³-hybridized carbons (Fsp3) is 0.750. The molecular weight excluding hydrogens is 236 g/mol. The van der Waals surface area contributed by atoms with E-state index in [1.54, 1.807) is 0 Å². The fourth-order valence-corrected chi connectivity index (χ4v) is 3.83. The number of hydrogen-bond acceptors (Lipinski definition) is 3. The van der Waals surface area contributed by atoms with Crippen LogP contribution in [0.3, 0.4) is 0 Å². The molecule has 3 heteroatoms. The number of hydrogen-bond donors (Lipinski definition) is 1. The van der Waals surface area contributed by atoms with Gasteiger partial charge in [-0.2, -0.15) is 0 Å². The van der Waals surface area contributed by atoms with Crippen molar-refractivity contribution in [2.24, 2.45) is 0 Å². The average Bonchev–Trinajstić information content (AvgIpc) is 3.06. The second-order valence-corrected chi connectivity index (χ2v) is 6.45. The van der Waals surface area contributed by atoms with Gasteiger partial charge in [0, 0.05) is 30.1 Å². The molecule has 0 saturated heterocycles. The second-order valence-electron chi connectivity index (χ2n) is 6.45. The lowest BCUT2D eigenvalue weighted by atomic mass is 9.91. The first-order valence-corrected chi connectivity index (χ1v) is 7.68. The zero-order valence-electron chi connectivity index (χ0n) is 12.2. The van der Waals surface area contributed by atoms with Gasteiger partial charge in [-0.15, -0.1) is 0 Å². The maximum Gasteiger partial charge on any atom is 0.108 e. The van der Waals surface area contributed by atoms with Crippen molar-refractivity contribution in [2.75, 3.05) is 20.6 Å². The Balaban J connectivity index is 1.67. The van der Waals surface area contributed by atoms with Gasteiger partial charge in [0.2, 0.25) is 0 Å². The molecule has 1 N–H and O–H groups in total. The highest BCUT2D eigenvalue weighted by molar-refractivity contribution is 5.24. The molecule has 1 atom stereocenters. The summed E-state index contributed by atoms with van der Waals surface area (Å²) < 4.78 is 5.58. The highest BCUT2D eigenvalue weighted by Crippen LogP contribution is 2.35. The standard InChI is InChI=1S/C16H26N2O/c1-18(2)16(9-3-4-10-16)12-17-14-6-5-7-15-13(14)8-11-19-15/h8,11,14,17H,3-7,9-10,12H2,1-2H3. The summed E-state index contributed by atoms with van der Waals surface area (Å²) in [5.74, 6) is 1.20. The lowest BCUT2D eigenvalue weighted by Gasteiger charge is -2.38. The predicted octanol–water partition coefficient (Wildman–Crippen LogP) is 3.12. The monoisotopic (exact) mass is 262 g/mol. The smallest absolute Gasteiger partial charge is 0.108 e. The number of fused-ring (bicyclic) bond motifs is 1. The Bertz CT molecular complexity index is 418. The van der Waals surface area contributed by atoms with E-state index in [1.807, 2.05) is 6.26 Å². The number of furan rings is 1. The third-order valence-electron chi connectivity index (χ3n) is 5.21. The number of aryl methyl sites for hydroxylation is 1. The third kappa shape index (κ3) is 2.46. The van der Waals surface area contributed by atoms with Crippen LogP contribution in [0, 0.1) is 0 Å². The van der Waals surface area contributed by atoms with Crippen molar-refractivity contribution in [3.63, 3.8) is 0 Å². The van der Waals surface area contributed by atoms with Crippen molar-refractivity contribution in [3.05, 3.63) is 23.7 Å². The normalized spacial score (nSPS) is 25.7. The molecule has 106 valence electrons. The van der Waals surface area contributed by atoms with E-state index in [9.17, 15) is 0 Å². The molecule has 3 rings (SSSR count). The zero-order chi connectivity index (χ0) is 13.3. The molecule has 3 nitrogen and oxygen atoms in total. The molecule has 0 bridgehead atoms. The summed E-state index contributed by atoms with van der Waals surface area (Å²) in [5.41, 5.74) is 1.78. The van der Waals surface area contributed by atoms with Gasteiger partial charge < -0.3 is 14.6 Å². The molecule has 1 aromatic rings. The Kier molecular flexibility index (Phi) is 3.68. The number of nitrogens with one attached hydrogen (secondary N) is 1. The maximum absolute atomic E-state index is 5.58. The Morgan fingerprint density at radius 1 is 1.32 bits per heavy atom. The average molecular weight is 262 g/mol. The molecule has 0 amide bonds. The van der Waals surface area contributed by atoms with Gasteiger partial charge in [0.05, 0.1) is 6.26 Å². The van der Waals surface area contributed by atoms with E-state index in [2.05, 4.69) is 30.4 Å². The van der Waals surface area contributed by atoms with Crippen LogP contribution in [0.15, 0.2) is 16.7 Å². The van der Waals surface area contributed by atoms with Crippen LogP contribution < -0.4 is 5.32 Å². The predicted molar refractivity (Wildman–Crippen MR) is 77.3 cm³/mol. The van der Waals surface area contributed by atoms with Crippen LogP contribution in [0.2, 0.25) is 0 Å². The maximum atomic E-state index is 5.58. The first kappa shape index (κ1) is 13.2. The van der Waals surface area contributed by atoms with Crippen molar-refractivity contribution >= 4 is 0 Å². The number of likely N-dealkylation sites (N-methyl/N-ethyl adjacent to an activating group) is 1. The summed E-state index contributed by atoms with van der Waals surface area (Å²) in [5, 5.41) is 3.83. The summed E-state index contributed by atoms with van der Waals surface area (Å²) in [6.07, 6.45) is 10.9. The molecule has 1 saturated carbocycles. The van der Waals surface area contributed by atoms with Gasteiger partial charge in [-0.05, 0) is 45.8 Å². The summed E-state index contributed by atoms with van der Waals surface area (Å²) in [6, 6.07) is 2.66. The topological polar surface area (TPSA) is 28.4 Å². The molecule has 0 aliphatic heterocycles. The summed E-state index contributed by atoms with van der Waals surface area (Å²) in [7, 11) is 4.47. The molecule has 0 radical (unpaired) electrons. The molecule has 1 unspecified atom stereocenters. The van der Waals surface area contributed by atoms with E-state index in [0.29, 0.717) is 11.6 Å². The van der Waals surface area contributed by atoms with Crippen LogP contribution >= 0.6 is 0 Å². The van der Waals surface area contributed by atoms with Crippen molar-refractivity contribution in [3.8, 4) is 0 Å². The van der Waals surface area contributed by atoms with Gasteiger partial charge in [0.15, 0.2) is 0 Å². The molecule has 1 fully saturated rings. The molecule has 1 aromatic heterocycles. The third-order valence-corrected chi connectivity index (χ3v) is 5.21. The summed E-state index contributed by atoms with van der Waals surface area (Å²) in [4.78, 5) is 2.44. The lowest BCUT2D eigenvalue weighted by Crippen LogP contribution is -2.50. The van der Waals surface area contributed by atoms with Crippen molar-refractivity contribution < 1.29 is 4.42 Å². The second kappa shape index (κ2) is 5.29. The van der Waals surface area contributed by atoms with E-state index >= 15 is 0 Å². The SMILES string of the molecule is CN(C)C1(CNC2CCCc3occc32)CCCC1. The first-order valence-electron chi connectivity index (χ1n) is 7.68. The van der Waals surface area contributed by atoms with E-state index < -0.39 is 0 Å². The minimum absolute atomic E-state index is 0.376. The van der Waals surface area contributed by atoms with Crippen LogP contribution in [0.4, 0.5) is 0 Å². The highest BCUT2D eigenvalue weighted by Gasteiger charge is 2.36. The van der Waals surface area contributed by atoms with Crippen LogP contribution in [0.5, 0.6) is 0 Å². The van der Waals surface area contributed by atoms with E-state index in [-0.39, 0.29) is 0 Å². The van der Waals surface area contributed by atoms with E-state index in [4.69, 9.17) is 4.42 Å². The van der Waals surface area contributed by atoms with Crippen LogP contribution in [-0.4, -0.2) is 31.1 Å². The van der Waals surface area contributed by atoms with Crippen LogP contribution in [0.25, 0.3) is 0 Å². The zero-order valence-corrected chi connectivity index (χ0v) is 12.2. The van der Waals surface area contributed by atoms with Crippen molar-refractivity contribution in [1.29, 1.82) is 0 Å². The fourth-order valence-electron chi connectivity index (χ4n) is 3.83. The van der Waals surface area contributed by atoms with Gasteiger partial charge in [-0.1, -0.05) is 12.8 Å². The Labute approximate surface area is 116 Å². The molecular formula is C16H26N2O. The molecule has 1 heterocycles. The number of rotatable bonds is 4. The largest absolute Gasteiger partial charge is 0.469 e. The Hall–Kier alpha value is -0.800. The number of nitrogens with zero attached hydrogens (tertiary/aromatic N) is 1. The van der Waals surface area contributed by atoms with Gasteiger partial charge >= 0.3 is 0 Å². The van der Waals surface area contributed by atoms with Gasteiger partial charge in [0.25, 0.3) is 0 Å². The first-order chi connectivity index (χ1) is 9.21. The quantitative estimate of drug-likeness (QED) is 0.903. The Morgan fingerprint density at radius 2 is 2.11 bits per heavy atom. The van der Waals surface area contributed by atoms with Gasteiger partial charge in [0.1, 0.15) is 5.76 Å². The molecule has 2 aliphatic rings. The molecule has 0 spiro atoms. The van der Waals surface area contributed by atoms with Crippen LogP contribution in [-0.2, 0) is 6.42 Å². The molecule has 2 aliphatic carbocycles. The van der Waals surface area contributed by atoms with Gasteiger partial charge in [-0.25, -0.2) is 0 Å². The van der Waals surface area contributed by atoms with Crippen LogP contribution in [0.1, 0.15) is 55.9 Å². The highest BCUT2D eigenvalue weighted by atomic mass is 16.3. The lowest BCUT2D eigenvalue weighted by molar-refractivity contribution is 0.147. The molecule has 19 heavy (non-hydrogen) atoms. The molecule has 0 aromatic carbocycles. The van der Waals surface area contributed by atoms with Gasteiger partial charge in [-0.3, -0.25) is 0 Å². The minimum atomic E-state index is 0.376.